The van der Waals surface area contributed by atoms with Gasteiger partial charge in [0, 0.05) is 6.54 Å². The molecule has 0 aromatic heterocycles. The lowest BCUT2D eigenvalue weighted by atomic mass is 10.0. The zero-order valence-electron chi connectivity index (χ0n) is 12.0. The minimum atomic E-state index is 0.189. The molecular weight excluding hydrogens is 256 g/mol. The summed E-state index contributed by atoms with van der Waals surface area (Å²) >= 11 is 0. The van der Waals surface area contributed by atoms with Gasteiger partial charge in [0.2, 0.25) is 0 Å². The van der Waals surface area contributed by atoms with Gasteiger partial charge in [0.25, 0.3) is 0 Å². The molecule has 2 N–H and O–H groups in total. The first-order valence-corrected chi connectivity index (χ1v) is 7.39. The lowest BCUT2D eigenvalue weighted by Crippen LogP contribution is -2.40. The van der Waals surface area contributed by atoms with E-state index in [-0.39, 0.29) is 6.17 Å². The quantitative estimate of drug-likeness (QED) is 0.875. The molecule has 2 aromatic rings. The second-order valence-electron chi connectivity index (χ2n) is 5.16. The van der Waals surface area contributed by atoms with E-state index in [1.807, 2.05) is 12.3 Å². The number of rotatable bonds is 5. The van der Waals surface area contributed by atoms with Gasteiger partial charge in [-0.25, -0.2) is 0 Å². The summed E-state index contributed by atoms with van der Waals surface area (Å²) in [6, 6.07) is 21.0. The van der Waals surface area contributed by atoms with Crippen molar-refractivity contribution in [2.24, 2.45) is 0 Å². The van der Waals surface area contributed by atoms with E-state index < -0.39 is 0 Å². The van der Waals surface area contributed by atoms with Crippen molar-refractivity contribution < 1.29 is 0 Å². The van der Waals surface area contributed by atoms with Gasteiger partial charge in [-0.2, -0.15) is 0 Å². The minimum absolute atomic E-state index is 0.189. The number of hydrogen-bond acceptors (Lipinski definition) is 2. The molecule has 2 aromatic carbocycles. The van der Waals surface area contributed by atoms with Crippen LogP contribution in [0, 0.1) is 0 Å². The average Bonchev–Trinajstić information content (AvgIpc) is 2.57. The van der Waals surface area contributed by atoms with Crippen LogP contribution < -0.4 is 10.6 Å². The predicted octanol–water partition coefficient (Wildman–Crippen LogP) is 3.35. The standard InChI is InChI=1S/C19H20N2/c1-3-7-16(8-4-1)11-13-20-19-15-18(12-14-21-19)17-9-5-2-6-10-17/h1-10,12,14-15,19-21H,11,13H2. The van der Waals surface area contributed by atoms with E-state index in [1.54, 1.807) is 0 Å². The zero-order chi connectivity index (χ0) is 14.3. The molecule has 3 rings (SSSR count). The van der Waals surface area contributed by atoms with Crippen LogP contribution in [0.1, 0.15) is 11.1 Å². The molecule has 0 amide bonds. The Morgan fingerprint density at radius 2 is 1.62 bits per heavy atom. The molecule has 106 valence electrons. The highest BCUT2D eigenvalue weighted by molar-refractivity contribution is 5.75. The fourth-order valence-electron chi connectivity index (χ4n) is 2.48. The average molecular weight is 276 g/mol. The van der Waals surface area contributed by atoms with E-state index in [4.69, 9.17) is 0 Å². The molecule has 0 bridgehead atoms. The Kier molecular flexibility index (Phi) is 4.49. The smallest absolute Gasteiger partial charge is 0.0965 e. The molecule has 0 saturated heterocycles. The van der Waals surface area contributed by atoms with E-state index >= 15 is 0 Å². The van der Waals surface area contributed by atoms with Crippen LogP contribution in [0.4, 0.5) is 0 Å². The maximum Gasteiger partial charge on any atom is 0.0965 e. The number of dihydropyridines is 1. The Morgan fingerprint density at radius 1 is 0.905 bits per heavy atom. The predicted molar refractivity (Wildman–Crippen MR) is 88.6 cm³/mol. The third-order valence-corrected chi connectivity index (χ3v) is 3.61. The van der Waals surface area contributed by atoms with Gasteiger partial charge in [0.15, 0.2) is 0 Å². The van der Waals surface area contributed by atoms with Gasteiger partial charge in [0.05, 0.1) is 6.17 Å². The summed E-state index contributed by atoms with van der Waals surface area (Å²) in [5.41, 5.74) is 3.88. The summed E-state index contributed by atoms with van der Waals surface area (Å²) in [6.45, 7) is 0.952. The number of nitrogens with one attached hydrogen (secondary N) is 2. The zero-order valence-corrected chi connectivity index (χ0v) is 12.0. The van der Waals surface area contributed by atoms with Crippen molar-refractivity contribution in [3.05, 3.63) is 90.1 Å². The van der Waals surface area contributed by atoms with Crippen molar-refractivity contribution in [3.8, 4) is 0 Å². The molecule has 1 aliphatic heterocycles. The Morgan fingerprint density at radius 3 is 2.38 bits per heavy atom. The molecule has 1 heterocycles. The first kappa shape index (κ1) is 13.7. The van der Waals surface area contributed by atoms with E-state index in [1.165, 1.54) is 16.7 Å². The topological polar surface area (TPSA) is 24.1 Å². The van der Waals surface area contributed by atoms with Gasteiger partial charge in [-0.05, 0) is 41.5 Å². The van der Waals surface area contributed by atoms with Crippen molar-refractivity contribution in [1.82, 2.24) is 10.6 Å². The number of allylic oxidation sites excluding steroid dienone is 2. The first-order valence-electron chi connectivity index (χ1n) is 7.39. The van der Waals surface area contributed by atoms with Crippen LogP contribution in [-0.2, 0) is 6.42 Å². The highest BCUT2D eigenvalue weighted by Gasteiger charge is 2.08. The molecule has 2 heteroatoms. The van der Waals surface area contributed by atoms with Crippen molar-refractivity contribution in [2.75, 3.05) is 6.54 Å². The van der Waals surface area contributed by atoms with Gasteiger partial charge in [-0.1, -0.05) is 60.7 Å². The van der Waals surface area contributed by atoms with E-state index in [0.717, 1.165) is 13.0 Å². The van der Waals surface area contributed by atoms with E-state index in [2.05, 4.69) is 77.4 Å². The molecule has 0 fully saturated rings. The first-order chi connectivity index (χ1) is 10.4. The molecular formula is C19H20N2. The highest BCUT2D eigenvalue weighted by Crippen LogP contribution is 2.17. The van der Waals surface area contributed by atoms with Crippen molar-refractivity contribution in [3.63, 3.8) is 0 Å². The fraction of sp³-hybridized carbons (Fsp3) is 0.158. The summed E-state index contributed by atoms with van der Waals surface area (Å²) in [5, 5.41) is 6.87. The summed E-state index contributed by atoms with van der Waals surface area (Å²) in [7, 11) is 0. The highest BCUT2D eigenvalue weighted by atomic mass is 15.1. The van der Waals surface area contributed by atoms with Crippen LogP contribution in [0.3, 0.4) is 0 Å². The summed E-state index contributed by atoms with van der Waals surface area (Å²) in [6.07, 6.45) is 7.60. The van der Waals surface area contributed by atoms with Gasteiger partial charge in [-0.3, -0.25) is 5.32 Å². The van der Waals surface area contributed by atoms with Gasteiger partial charge >= 0.3 is 0 Å². The lowest BCUT2D eigenvalue weighted by Gasteiger charge is -2.20. The largest absolute Gasteiger partial charge is 0.372 e. The SMILES string of the molecule is C1=CC(c2ccccc2)=CC(NCCc2ccccc2)N1. The third-order valence-electron chi connectivity index (χ3n) is 3.61. The Bertz CT molecular complexity index is 615. The Labute approximate surface area is 126 Å². The van der Waals surface area contributed by atoms with Crippen LogP contribution in [0.15, 0.2) is 79.0 Å². The summed E-state index contributed by atoms with van der Waals surface area (Å²) < 4.78 is 0. The molecule has 0 spiro atoms. The molecule has 1 atom stereocenters. The second kappa shape index (κ2) is 6.91. The maximum atomic E-state index is 3.53. The molecule has 21 heavy (non-hydrogen) atoms. The monoisotopic (exact) mass is 276 g/mol. The minimum Gasteiger partial charge on any atom is -0.372 e. The number of benzene rings is 2. The molecule has 0 radical (unpaired) electrons. The Balaban J connectivity index is 1.57. The normalized spacial score (nSPS) is 17.1. The van der Waals surface area contributed by atoms with Crippen LogP contribution in [0.2, 0.25) is 0 Å². The van der Waals surface area contributed by atoms with Crippen LogP contribution in [-0.4, -0.2) is 12.7 Å². The maximum absolute atomic E-state index is 3.53. The van der Waals surface area contributed by atoms with E-state index in [0.29, 0.717) is 0 Å². The second-order valence-corrected chi connectivity index (χ2v) is 5.16. The molecule has 0 aliphatic carbocycles. The lowest BCUT2D eigenvalue weighted by molar-refractivity contribution is 0.550. The van der Waals surface area contributed by atoms with Crippen LogP contribution in [0.5, 0.6) is 0 Å². The molecule has 1 unspecified atom stereocenters. The molecule has 2 nitrogen and oxygen atoms in total. The number of hydrogen-bond donors (Lipinski definition) is 2. The van der Waals surface area contributed by atoms with Gasteiger partial charge in [0.1, 0.15) is 0 Å². The van der Waals surface area contributed by atoms with Crippen LogP contribution >= 0.6 is 0 Å². The fourth-order valence-corrected chi connectivity index (χ4v) is 2.48. The summed E-state index contributed by atoms with van der Waals surface area (Å²) in [5.74, 6) is 0. The van der Waals surface area contributed by atoms with Crippen LogP contribution in [0.25, 0.3) is 5.57 Å². The van der Waals surface area contributed by atoms with Gasteiger partial charge in [-0.15, -0.1) is 0 Å². The molecule has 0 saturated carbocycles. The van der Waals surface area contributed by atoms with E-state index in [9.17, 15) is 0 Å². The van der Waals surface area contributed by atoms with Gasteiger partial charge < -0.3 is 5.32 Å². The Hall–Kier alpha value is -2.32. The van der Waals surface area contributed by atoms with Crippen molar-refractivity contribution in [1.29, 1.82) is 0 Å². The van der Waals surface area contributed by atoms with Crippen molar-refractivity contribution >= 4 is 5.57 Å². The van der Waals surface area contributed by atoms with Crippen molar-refractivity contribution in [2.45, 2.75) is 12.6 Å². The molecule has 1 aliphatic rings. The summed E-state index contributed by atoms with van der Waals surface area (Å²) in [4.78, 5) is 0. The third kappa shape index (κ3) is 3.83.